The maximum Gasteiger partial charge on any atom is 0.412 e. The van der Waals surface area contributed by atoms with Crippen LogP contribution >= 0.6 is 22.9 Å². The van der Waals surface area contributed by atoms with Crippen LogP contribution in [0.3, 0.4) is 0 Å². The van der Waals surface area contributed by atoms with Gasteiger partial charge in [0.25, 0.3) is 11.5 Å². The molecule has 3 aromatic carbocycles. The highest BCUT2D eigenvalue weighted by Crippen LogP contribution is 2.47. The summed E-state index contributed by atoms with van der Waals surface area (Å²) in [5.74, 6) is -2.52. The van der Waals surface area contributed by atoms with Crippen molar-refractivity contribution in [2.45, 2.75) is 83.0 Å². The van der Waals surface area contributed by atoms with Crippen molar-refractivity contribution < 1.29 is 46.5 Å². The number of nitrogens with two attached hydrogens (primary N) is 1. The number of nitrogen functional groups attached to an aromatic ring is 1. The number of thiophene rings is 1. The van der Waals surface area contributed by atoms with Crippen LogP contribution in [0.4, 0.5) is 38.9 Å². The van der Waals surface area contributed by atoms with Crippen molar-refractivity contribution in [3.8, 4) is 34.6 Å². The fraction of sp³-hybridized carbons (Fsp3) is 0.375. The van der Waals surface area contributed by atoms with Crippen LogP contribution in [-0.4, -0.2) is 117 Å². The third-order valence-corrected chi connectivity index (χ3v) is 17.6. The van der Waals surface area contributed by atoms with Gasteiger partial charge in [0.05, 0.1) is 68.7 Å². The summed E-state index contributed by atoms with van der Waals surface area (Å²) < 4.78 is 82.2. The van der Waals surface area contributed by atoms with Gasteiger partial charge >= 0.3 is 12.1 Å². The topological polar surface area (TPSA) is 214 Å². The molecule has 0 spiro atoms. The molecular formula is C56H51ClF4N10O7S. The Morgan fingerprint density at radius 3 is 2.70 bits per heavy atom. The van der Waals surface area contributed by atoms with Gasteiger partial charge in [-0.25, -0.2) is 27.3 Å². The molecule has 3 saturated heterocycles. The number of carbonyl (C=O) groups is 2. The first-order valence-electron chi connectivity index (χ1n) is 25.9. The number of amides is 2. The molecule has 3 fully saturated rings. The Hall–Kier alpha value is -7.42. The van der Waals surface area contributed by atoms with Crippen molar-refractivity contribution in [3.63, 3.8) is 0 Å². The maximum absolute atomic E-state index is 17.5. The lowest BCUT2D eigenvalue weighted by Crippen LogP contribution is -2.54. The summed E-state index contributed by atoms with van der Waals surface area (Å²) in [5.41, 5.74) is 6.47. The highest BCUT2D eigenvalue weighted by Gasteiger charge is 2.49. The number of alkyl halides is 1. The van der Waals surface area contributed by atoms with Crippen LogP contribution in [0, 0.1) is 28.8 Å². The molecule has 5 aliphatic heterocycles. The van der Waals surface area contributed by atoms with Gasteiger partial charge in [-0.1, -0.05) is 30.7 Å². The standard InChI is InChI=1S/C56H51ClF4N10O7S/c1-4-28(23-77-54(74)65-41-14-29-13-30-21-71-42(46(30)64-40(29)17-39(41)60)16-36-35(52(71)73)24-76-26-56(36,75)5-2)51(72)68-11-12-70(27(3)20-68)50-33-15-37(57)44(32-7-8-38(59)48-43(32)34(19-62)49(63)79-48)45(61)47(33)66-53(67-50)78-25-55-9-6-10-69(55)22-31(58)18-55/h4,7-8,13-17,27,31,75H,5-6,9-12,18,20-26,63H2,1-3H3,(H,65,74)/b28-4+. The summed E-state index contributed by atoms with van der Waals surface area (Å²) >= 11 is 7.84. The third kappa shape index (κ3) is 8.68. The fourth-order valence-electron chi connectivity index (χ4n) is 12.2. The van der Waals surface area contributed by atoms with Gasteiger partial charge in [-0.05, 0) is 81.1 Å². The Kier molecular flexibility index (Phi) is 13.1. The summed E-state index contributed by atoms with van der Waals surface area (Å²) in [6.07, 6.45) is 1.61. The molecule has 23 heteroatoms. The number of aliphatic hydroxyl groups is 1. The number of anilines is 3. The van der Waals surface area contributed by atoms with E-state index in [-0.39, 0.29) is 141 Å². The minimum atomic E-state index is -1.34. The lowest BCUT2D eigenvalue weighted by molar-refractivity contribution is -0.128. The molecule has 79 heavy (non-hydrogen) atoms. The Bertz CT molecular complexity index is 3910. The van der Waals surface area contributed by atoms with Crippen LogP contribution in [0.15, 0.2) is 58.9 Å². The van der Waals surface area contributed by atoms with Crippen molar-refractivity contribution in [3.05, 3.63) is 109 Å². The SMILES string of the molecule is C/C=C(\COC(=O)Nc1cc2cc3c(nc2cc1F)-c1cc2c(c(=O)n1C3)COCC2(O)CC)C(=O)N1CCN(c2nc(OCC34CCCN3CC(F)C4)nc3c(F)c(-c4ccc(F)c5sc(N)c(C#N)c45)c(Cl)cc23)C(C)C1. The van der Waals surface area contributed by atoms with Crippen LogP contribution in [-0.2, 0) is 33.0 Å². The molecule has 0 aliphatic carbocycles. The normalized spacial score (nSPS) is 21.8. The minimum Gasteiger partial charge on any atom is -0.461 e. The number of pyridine rings is 2. The Morgan fingerprint density at radius 1 is 1.10 bits per heavy atom. The summed E-state index contributed by atoms with van der Waals surface area (Å²) in [4.78, 5) is 60.7. The fourth-order valence-corrected chi connectivity index (χ4v) is 13.4. The number of halogens is 5. The lowest BCUT2D eigenvalue weighted by atomic mass is 9.86. The van der Waals surface area contributed by atoms with Crippen molar-refractivity contribution >= 4 is 83.3 Å². The van der Waals surface area contributed by atoms with E-state index in [1.165, 1.54) is 30.3 Å². The van der Waals surface area contributed by atoms with Gasteiger partial charge < -0.3 is 39.4 Å². The van der Waals surface area contributed by atoms with Crippen molar-refractivity contribution in [1.29, 1.82) is 5.26 Å². The molecule has 9 heterocycles. The van der Waals surface area contributed by atoms with E-state index < -0.39 is 59.4 Å². The molecule has 7 aromatic rings. The number of rotatable bonds is 10. The van der Waals surface area contributed by atoms with Gasteiger partial charge in [-0.3, -0.25) is 19.8 Å². The molecule has 0 radical (unpaired) electrons. The van der Waals surface area contributed by atoms with Crippen molar-refractivity contribution in [1.82, 2.24) is 29.3 Å². The average molecular weight is 1120 g/mol. The number of ether oxygens (including phenoxy) is 3. The van der Waals surface area contributed by atoms with Crippen molar-refractivity contribution in [2.75, 3.05) is 68.5 Å². The summed E-state index contributed by atoms with van der Waals surface area (Å²) in [6.45, 7) is 6.63. The lowest BCUT2D eigenvalue weighted by Gasteiger charge is -2.41. The van der Waals surface area contributed by atoms with Gasteiger partial charge in [0.15, 0.2) is 5.82 Å². The number of hydrogen-bond acceptors (Lipinski definition) is 15. The first-order chi connectivity index (χ1) is 37.9. The zero-order valence-electron chi connectivity index (χ0n) is 43.0. The summed E-state index contributed by atoms with van der Waals surface area (Å²) in [7, 11) is 0. The molecular weight excluding hydrogens is 1070 g/mol. The first kappa shape index (κ1) is 52.3. The monoisotopic (exact) mass is 1120 g/mol. The van der Waals surface area contributed by atoms with E-state index in [0.717, 1.165) is 23.8 Å². The second-order valence-corrected chi connectivity index (χ2v) is 22.4. The third-order valence-electron chi connectivity index (χ3n) is 16.3. The number of benzene rings is 3. The number of fused-ring (bicyclic) bond motifs is 8. The molecule has 2 amide bonds. The van der Waals surface area contributed by atoms with E-state index in [0.29, 0.717) is 52.9 Å². The number of aromatic nitrogens is 4. The molecule has 17 nitrogen and oxygen atoms in total. The van der Waals surface area contributed by atoms with Crippen molar-refractivity contribution in [2.24, 2.45) is 0 Å². The number of hydrogen-bond donors (Lipinski definition) is 3. The number of allylic oxidation sites excluding steroid dienone is 1. The van der Waals surface area contributed by atoms with E-state index in [2.05, 4.69) is 15.2 Å². The highest BCUT2D eigenvalue weighted by molar-refractivity contribution is 7.23. The molecule has 4 N–H and O–H groups in total. The number of nitrogens with one attached hydrogen (secondary N) is 1. The molecule has 4 atom stereocenters. The molecule has 5 aliphatic rings. The number of piperazine rings is 1. The predicted molar refractivity (Wildman–Crippen MR) is 289 cm³/mol. The Labute approximate surface area is 457 Å². The van der Waals surface area contributed by atoms with E-state index in [1.54, 1.807) is 28.5 Å². The second kappa shape index (κ2) is 19.7. The largest absolute Gasteiger partial charge is 0.461 e. The van der Waals surface area contributed by atoms with E-state index >= 15 is 13.2 Å². The number of nitriles is 1. The molecule has 0 bridgehead atoms. The second-order valence-electron chi connectivity index (χ2n) is 20.9. The summed E-state index contributed by atoms with van der Waals surface area (Å²) in [5, 5.41) is 24.5. The van der Waals surface area contributed by atoms with Gasteiger partial charge in [-0.15, -0.1) is 11.3 Å². The molecule has 12 rings (SSSR count). The van der Waals surface area contributed by atoms with E-state index in [1.807, 2.05) is 24.8 Å². The quantitative estimate of drug-likeness (QED) is 0.0861. The van der Waals surface area contributed by atoms with Crippen LogP contribution in [0.25, 0.3) is 54.4 Å². The number of nitrogens with zero attached hydrogens (tertiary/aromatic N) is 8. The zero-order valence-corrected chi connectivity index (χ0v) is 44.6. The van der Waals surface area contributed by atoms with Crippen LogP contribution < -0.4 is 26.2 Å². The molecule has 0 saturated carbocycles. The maximum atomic E-state index is 17.5. The Morgan fingerprint density at radius 2 is 1.92 bits per heavy atom. The number of carbonyl (C=O) groups excluding carboxylic acids is 2. The smallest absolute Gasteiger partial charge is 0.412 e. The van der Waals surface area contributed by atoms with Gasteiger partial charge in [-0.2, -0.15) is 15.2 Å². The van der Waals surface area contributed by atoms with Crippen LogP contribution in [0.1, 0.15) is 68.7 Å². The molecule has 408 valence electrons. The highest BCUT2D eigenvalue weighted by atomic mass is 35.5. The Balaban J connectivity index is 0.767. The first-order valence-corrected chi connectivity index (χ1v) is 27.1. The van der Waals surface area contributed by atoms with Crippen LogP contribution in [0.2, 0.25) is 5.02 Å². The predicted octanol–water partition coefficient (Wildman–Crippen LogP) is 9.09. The van der Waals surface area contributed by atoms with E-state index in [9.17, 15) is 29.1 Å². The van der Waals surface area contributed by atoms with Gasteiger partial charge in [0.1, 0.15) is 59.0 Å². The minimum absolute atomic E-state index is 0.0207. The van der Waals surface area contributed by atoms with E-state index in [4.69, 9.17) is 41.5 Å². The average Bonchev–Trinajstić information content (AvgIpc) is 4.31. The van der Waals surface area contributed by atoms with Gasteiger partial charge in [0, 0.05) is 77.6 Å². The molecule has 4 unspecified atom stereocenters. The zero-order chi connectivity index (χ0) is 55.4. The summed E-state index contributed by atoms with van der Waals surface area (Å²) in [6, 6.07) is 11.5. The van der Waals surface area contributed by atoms with Crippen LogP contribution in [0.5, 0.6) is 6.01 Å². The molecule has 4 aromatic heterocycles. The van der Waals surface area contributed by atoms with Gasteiger partial charge in [0.2, 0.25) is 0 Å².